The molecule has 4 nitrogen and oxygen atoms in total. The highest BCUT2D eigenvalue weighted by molar-refractivity contribution is 6.30. The van der Waals surface area contributed by atoms with Gasteiger partial charge >= 0.3 is 0 Å². The van der Waals surface area contributed by atoms with Crippen LogP contribution in [-0.2, 0) is 6.42 Å². The van der Waals surface area contributed by atoms with Crippen LogP contribution in [0.2, 0.25) is 5.02 Å². The van der Waals surface area contributed by atoms with Gasteiger partial charge in [0.15, 0.2) is 5.78 Å². The highest BCUT2D eigenvalue weighted by Gasteiger charge is 2.30. The monoisotopic (exact) mass is 374 g/mol. The zero-order valence-electron chi connectivity index (χ0n) is 14.4. The van der Waals surface area contributed by atoms with Crippen LogP contribution in [0.3, 0.4) is 0 Å². The van der Waals surface area contributed by atoms with E-state index in [-0.39, 0.29) is 17.3 Å². The van der Waals surface area contributed by atoms with Gasteiger partial charge in [-0.2, -0.15) is 5.26 Å². The standard InChI is InChI=1S/C22H15ClN2O2/c23-17-6-8-18(9-7-17)25-20-11-15(14-4-2-1-3-5-14)12-21(26)19(20)10-16(13-24)22(25)27/h1-10,15H,11-12H2/t15-/m0/s1. The number of fused-ring (bicyclic) bond motifs is 1. The molecular formula is C22H15ClN2O2. The number of benzene rings is 2. The van der Waals surface area contributed by atoms with Gasteiger partial charge in [0.25, 0.3) is 5.56 Å². The summed E-state index contributed by atoms with van der Waals surface area (Å²) < 4.78 is 1.48. The Morgan fingerprint density at radius 2 is 1.70 bits per heavy atom. The molecule has 0 unspecified atom stereocenters. The molecule has 0 N–H and O–H groups in total. The van der Waals surface area contributed by atoms with E-state index in [1.165, 1.54) is 10.6 Å². The average Bonchev–Trinajstić information content (AvgIpc) is 2.69. The number of aromatic nitrogens is 1. The summed E-state index contributed by atoms with van der Waals surface area (Å²) in [4.78, 5) is 25.7. The smallest absolute Gasteiger partial charge is 0.273 e. The van der Waals surface area contributed by atoms with E-state index in [2.05, 4.69) is 0 Å². The average molecular weight is 375 g/mol. The summed E-state index contributed by atoms with van der Waals surface area (Å²) in [5, 5.41) is 9.91. The SMILES string of the molecule is N#Cc1cc2c(n(-c3ccc(Cl)cc3)c1=O)C[C@H](c1ccccc1)CC2=O. The van der Waals surface area contributed by atoms with E-state index in [1.54, 1.807) is 24.3 Å². The van der Waals surface area contributed by atoms with Gasteiger partial charge in [-0.05, 0) is 48.2 Å². The van der Waals surface area contributed by atoms with Crippen molar-refractivity contribution in [3.05, 3.63) is 98.4 Å². The normalized spacial score (nSPS) is 15.9. The molecule has 1 aromatic heterocycles. The van der Waals surface area contributed by atoms with Crippen LogP contribution < -0.4 is 5.56 Å². The molecule has 4 rings (SSSR count). The highest BCUT2D eigenvalue weighted by Crippen LogP contribution is 2.33. The molecule has 3 aromatic rings. The molecule has 132 valence electrons. The Bertz CT molecular complexity index is 1130. The summed E-state index contributed by atoms with van der Waals surface area (Å²) in [7, 11) is 0. The van der Waals surface area contributed by atoms with E-state index in [4.69, 9.17) is 11.6 Å². The minimum Gasteiger partial charge on any atom is -0.294 e. The Labute approximate surface area is 161 Å². The van der Waals surface area contributed by atoms with Gasteiger partial charge in [-0.25, -0.2) is 0 Å². The van der Waals surface area contributed by atoms with Crippen molar-refractivity contribution in [2.45, 2.75) is 18.8 Å². The lowest BCUT2D eigenvalue weighted by Crippen LogP contribution is -2.31. The van der Waals surface area contributed by atoms with Crippen molar-refractivity contribution in [1.29, 1.82) is 5.26 Å². The van der Waals surface area contributed by atoms with Gasteiger partial charge in [-0.3, -0.25) is 14.2 Å². The van der Waals surface area contributed by atoms with Crippen molar-refractivity contribution in [2.75, 3.05) is 0 Å². The van der Waals surface area contributed by atoms with E-state index < -0.39 is 5.56 Å². The lowest BCUT2D eigenvalue weighted by atomic mass is 9.81. The molecule has 0 spiro atoms. The van der Waals surface area contributed by atoms with Crippen molar-refractivity contribution in [3.63, 3.8) is 0 Å². The molecule has 2 aromatic carbocycles. The molecule has 0 saturated carbocycles. The Kier molecular flexibility index (Phi) is 4.39. The molecular weight excluding hydrogens is 360 g/mol. The Hall–Kier alpha value is -3.16. The molecule has 0 fully saturated rings. The van der Waals surface area contributed by atoms with Crippen molar-refractivity contribution >= 4 is 17.4 Å². The number of ketones is 1. The van der Waals surface area contributed by atoms with Crippen molar-refractivity contribution in [2.24, 2.45) is 0 Å². The zero-order chi connectivity index (χ0) is 19.0. The van der Waals surface area contributed by atoms with Crippen LogP contribution in [0.15, 0.2) is 65.5 Å². The van der Waals surface area contributed by atoms with Crippen LogP contribution in [0.4, 0.5) is 0 Å². The fourth-order valence-electron chi connectivity index (χ4n) is 3.64. The summed E-state index contributed by atoms with van der Waals surface area (Å²) >= 11 is 5.97. The molecule has 1 aliphatic rings. The second-order valence-electron chi connectivity index (χ2n) is 6.59. The van der Waals surface area contributed by atoms with Crippen LogP contribution >= 0.6 is 11.6 Å². The van der Waals surface area contributed by atoms with E-state index >= 15 is 0 Å². The van der Waals surface area contributed by atoms with Gasteiger partial charge in [-0.1, -0.05) is 41.9 Å². The maximum absolute atomic E-state index is 12.9. The van der Waals surface area contributed by atoms with E-state index in [9.17, 15) is 14.9 Å². The fourth-order valence-corrected chi connectivity index (χ4v) is 3.77. The van der Waals surface area contributed by atoms with Crippen LogP contribution in [0, 0.1) is 11.3 Å². The summed E-state index contributed by atoms with van der Waals surface area (Å²) in [6.07, 6.45) is 0.912. The van der Waals surface area contributed by atoms with E-state index in [0.29, 0.717) is 34.8 Å². The summed E-state index contributed by atoms with van der Waals surface area (Å²) in [5.41, 5.74) is 2.31. The number of carbonyl (C=O) groups is 1. The van der Waals surface area contributed by atoms with Crippen LogP contribution in [0.25, 0.3) is 5.69 Å². The molecule has 5 heteroatoms. The lowest BCUT2D eigenvalue weighted by Gasteiger charge is -2.27. The van der Waals surface area contributed by atoms with Gasteiger partial charge < -0.3 is 0 Å². The largest absolute Gasteiger partial charge is 0.294 e. The van der Waals surface area contributed by atoms with Crippen LogP contribution in [0.1, 0.15) is 39.5 Å². The number of hydrogen-bond acceptors (Lipinski definition) is 3. The predicted octanol–water partition coefficient (Wildman–Crippen LogP) is 4.28. The van der Waals surface area contributed by atoms with Crippen LogP contribution in [-0.4, -0.2) is 10.4 Å². The van der Waals surface area contributed by atoms with Gasteiger partial charge in [0.2, 0.25) is 0 Å². The Balaban J connectivity index is 1.94. The van der Waals surface area contributed by atoms with Gasteiger partial charge in [-0.15, -0.1) is 0 Å². The third-order valence-corrected chi connectivity index (χ3v) is 5.20. The third-order valence-electron chi connectivity index (χ3n) is 4.95. The lowest BCUT2D eigenvalue weighted by molar-refractivity contribution is 0.0962. The number of Topliss-reactive ketones (excluding diaryl/α,β-unsaturated/α-hetero) is 1. The first-order chi connectivity index (χ1) is 13.1. The summed E-state index contributed by atoms with van der Waals surface area (Å²) in [6, 6.07) is 20.0. The molecule has 1 atom stereocenters. The number of nitriles is 1. The van der Waals surface area contributed by atoms with E-state index in [1.807, 2.05) is 36.4 Å². The number of hydrogen-bond donors (Lipinski definition) is 0. The van der Waals surface area contributed by atoms with E-state index in [0.717, 1.165) is 5.56 Å². The minimum absolute atomic E-state index is 0.00270. The fraction of sp³-hybridized carbons (Fsp3) is 0.136. The molecule has 27 heavy (non-hydrogen) atoms. The second kappa shape index (κ2) is 6.86. The summed E-state index contributed by atoms with van der Waals surface area (Å²) in [6.45, 7) is 0. The molecule has 0 radical (unpaired) electrons. The first-order valence-corrected chi connectivity index (χ1v) is 8.99. The number of halogens is 1. The molecule has 0 amide bonds. The predicted molar refractivity (Wildman–Crippen MR) is 104 cm³/mol. The number of nitrogens with zero attached hydrogens (tertiary/aromatic N) is 2. The second-order valence-corrected chi connectivity index (χ2v) is 7.02. The zero-order valence-corrected chi connectivity index (χ0v) is 15.1. The third kappa shape index (κ3) is 3.07. The number of carbonyl (C=O) groups excluding carboxylic acids is 1. The van der Waals surface area contributed by atoms with Gasteiger partial charge in [0.1, 0.15) is 11.6 Å². The minimum atomic E-state index is -0.417. The molecule has 0 saturated heterocycles. The molecule has 0 aliphatic heterocycles. The van der Waals surface area contributed by atoms with Crippen molar-refractivity contribution in [3.8, 4) is 11.8 Å². The first-order valence-electron chi connectivity index (χ1n) is 8.61. The number of rotatable bonds is 2. The first kappa shape index (κ1) is 17.3. The number of pyridine rings is 1. The summed E-state index contributed by atoms with van der Waals surface area (Å²) in [5.74, 6) is -0.0543. The topological polar surface area (TPSA) is 62.9 Å². The molecule has 1 heterocycles. The Morgan fingerprint density at radius 3 is 2.37 bits per heavy atom. The molecule has 0 bridgehead atoms. The van der Waals surface area contributed by atoms with Gasteiger partial charge in [0.05, 0.1) is 0 Å². The molecule has 1 aliphatic carbocycles. The van der Waals surface area contributed by atoms with Crippen LogP contribution in [0.5, 0.6) is 0 Å². The maximum atomic E-state index is 12.9. The Morgan fingerprint density at radius 1 is 1.00 bits per heavy atom. The maximum Gasteiger partial charge on any atom is 0.273 e. The highest BCUT2D eigenvalue weighted by atomic mass is 35.5. The van der Waals surface area contributed by atoms with Gasteiger partial charge in [0, 0.05) is 28.4 Å². The quantitative estimate of drug-likeness (QED) is 0.672. The van der Waals surface area contributed by atoms with Crippen molar-refractivity contribution in [1.82, 2.24) is 4.57 Å². The van der Waals surface area contributed by atoms with Crippen molar-refractivity contribution < 1.29 is 4.79 Å².